The van der Waals surface area contributed by atoms with E-state index in [0.29, 0.717) is 0 Å². The predicted octanol–water partition coefficient (Wildman–Crippen LogP) is 1.87. The summed E-state index contributed by atoms with van der Waals surface area (Å²) in [5.41, 5.74) is 1.32. The Bertz CT molecular complexity index is 133. The van der Waals surface area contributed by atoms with Crippen LogP contribution in [0.2, 0.25) is 0 Å². The third-order valence-corrected chi connectivity index (χ3v) is 1.34. The summed E-state index contributed by atoms with van der Waals surface area (Å²) in [5, 5.41) is 0. The molecule has 0 saturated heterocycles. The molecule has 1 heteroatoms. The third kappa shape index (κ3) is 0.760. The molecule has 0 aromatic carbocycles. The summed E-state index contributed by atoms with van der Waals surface area (Å²) >= 11 is 0. The topological polar surface area (TPSA) is 9.23 Å². The van der Waals surface area contributed by atoms with Crippen LogP contribution in [0.1, 0.15) is 13.3 Å². The highest BCUT2D eigenvalue weighted by atomic mass is 16.5. The van der Waals surface area contributed by atoms with Gasteiger partial charge in [0.2, 0.25) is 0 Å². The van der Waals surface area contributed by atoms with Crippen molar-refractivity contribution in [2.24, 2.45) is 0 Å². The second-order valence-corrected chi connectivity index (χ2v) is 1.95. The molecule has 0 unspecified atom stereocenters. The minimum atomic E-state index is 0.840. The maximum atomic E-state index is 5.18. The van der Waals surface area contributed by atoms with Crippen LogP contribution in [0.15, 0.2) is 24.0 Å². The van der Waals surface area contributed by atoms with E-state index in [1.165, 1.54) is 5.57 Å². The Morgan fingerprint density at radius 3 is 2.75 bits per heavy atom. The highest BCUT2D eigenvalue weighted by Gasteiger charge is 2.06. The fourth-order valence-electron chi connectivity index (χ4n) is 0.794. The van der Waals surface area contributed by atoms with E-state index in [0.717, 1.165) is 18.8 Å². The highest BCUT2D eigenvalue weighted by molar-refractivity contribution is 5.19. The van der Waals surface area contributed by atoms with Gasteiger partial charge in [-0.2, -0.15) is 0 Å². The van der Waals surface area contributed by atoms with Gasteiger partial charge in [0.25, 0.3) is 0 Å². The van der Waals surface area contributed by atoms with Gasteiger partial charge in [-0.05, 0) is 18.6 Å². The van der Waals surface area contributed by atoms with Gasteiger partial charge in [-0.15, -0.1) is 0 Å². The molecular formula is C7H10O. The molecule has 0 amide bonds. The van der Waals surface area contributed by atoms with Crippen LogP contribution < -0.4 is 0 Å². The van der Waals surface area contributed by atoms with Crippen molar-refractivity contribution in [3.63, 3.8) is 0 Å². The minimum Gasteiger partial charge on any atom is -0.493 e. The van der Waals surface area contributed by atoms with Crippen LogP contribution in [0, 0.1) is 0 Å². The summed E-state index contributed by atoms with van der Waals surface area (Å²) in [6, 6.07) is 0. The Kier molecular flexibility index (Phi) is 1.38. The Labute approximate surface area is 49.7 Å². The number of hydrogen-bond acceptors (Lipinski definition) is 1. The van der Waals surface area contributed by atoms with Crippen molar-refractivity contribution in [3.05, 3.63) is 24.0 Å². The molecule has 0 aromatic heterocycles. The van der Waals surface area contributed by atoms with Gasteiger partial charge >= 0.3 is 0 Å². The zero-order valence-electron chi connectivity index (χ0n) is 5.11. The standard InChI is InChI=1S/C7H10O/c1-3-7-6(2)4-5-8-7/h3H,1,4-5H2,2H3. The average Bonchev–Trinajstić information content (AvgIpc) is 2.14. The third-order valence-electron chi connectivity index (χ3n) is 1.34. The van der Waals surface area contributed by atoms with Gasteiger partial charge in [0.15, 0.2) is 0 Å². The largest absolute Gasteiger partial charge is 0.493 e. The molecule has 1 aliphatic heterocycles. The Hall–Kier alpha value is -0.720. The van der Waals surface area contributed by atoms with Gasteiger partial charge in [0.05, 0.1) is 6.61 Å². The fraction of sp³-hybridized carbons (Fsp3) is 0.429. The quantitative estimate of drug-likeness (QED) is 0.500. The van der Waals surface area contributed by atoms with E-state index in [1.54, 1.807) is 6.08 Å². The van der Waals surface area contributed by atoms with Gasteiger partial charge in [0, 0.05) is 6.42 Å². The van der Waals surface area contributed by atoms with Crippen molar-refractivity contribution in [2.45, 2.75) is 13.3 Å². The van der Waals surface area contributed by atoms with E-state index in [2.05, 4.69) is 13.5 Å². The molecule has 1 aliphatic rings. The molecule has 0 spiro atoms. The summed E-state index contributed by atoms with van der Waals surface area (Å²) in [4.78, 5) is 0. The number of hydrogen-bond donors (Lipinski definition) is 0. The Balaban J connectivity index is 2.72. The SMILES string of the molecule is C=CC1=C(C)CCO1. The van der Waals surface area contributed by atoms with E-state index in [1.807, 2.05) is 0 Å². The zero-order valence-corrected chi connectivity index (χ0v) is 5.11. The molecule has 0 saturated carbocycles. The van der Waals surface area contributed by atoms with Gasteiger partial charge < -0.3 is 4.74 Å². The average molecular weight is 110 g/mol. The lowest BCUT2D eigenvalue weighted by Crippen LogP contribution is -1.77. The molecule has 0 atom stereocenters. The fourth-order valence-corrected chi connectivity index (χ4v) is 0.794. The van der Waals surface area contributed by atoms with Crippen molar-refractivity contribution in [1.29, 1.82) is 0 Å². The summed E-state index contributed by atoms with van der Waals surface area (Å²) in [6.07, 6.45) is 2.84. The Morgan fingerprint density at radius 2 is 2.50 bits per heavy atom. The number of ether oxygens (including phenoxy) is 1. The van der Waals surface area contributed by atoms with Gasteiger partial charge in [-0.25, -0.2) is 0 Å². The molecule has 0 aliphatic carbocycles. The van der Waals surface area contributed by atoms with Crippen molar-refractivity contribution in [1.82, 2.24) is 0 Å². The highest BCUT2D eigenvalue weighted by Crippen LogP contribution is 2.17. The zero-order chi connectivity index (χ0) is 5.98. The van der Waals surface area contributed by atoms with Crippen LogP contribution >= 0.6 is 0 Å². The number of allylic oxidation sites excluding steroid dienone is 1. The lowest BCUT2D eigenvalue weighted by molar-refractivity contribution is 0.257. The van der Waals surface area contributed by atoms with Crippen LogP contribution in [0.3, 0.4) is 0 Å². The van der Waals surface area contributed by atoms with Gasteiger partial charge in [0.1, 0.15) is 5.76 Å². The molecule has 0 aromatic rings. The summed E-state index contributed by atoms with van der Waals surface area (Å²) in [7, 11) is 0. The second kappa shape index (κ2) is 2.03. The van der Waals surface area contributed by atoms with E-state index >= 15 is 0 Å². The second-order valence-electron chi connectivity index (χ2n) is 1.95. The molecule has 1 heterocycles. The maximum absolute atomic E-state index is 5.18. The molecule has 0 fully saturated rings. The van der Waals surface area contributed by atoms with E-state index in [-0.39, 0.29) is 0 Å². The van der Waals surface area contributed by atoms with Crippen molar-refractivity contribution < 1.29 is 4.74 Å². The molecule has 1 nitrogen and oxygen atoms in total. The smallest absolute Gasteiger partial charge is 0.117 e. The van der Waals surface area contributed by atoms with Crippen LogP contribution in [-0.2, 0) is 4.74 Å². The van der Waals surface area contributed by atoms with E-state index in [4.69, 9.17) is 4.74 Å². The van der Waals surface area contributed by atoms with E-state index in [9.17, 15) is 0 Å². The minimum absolute atomic E-state index is 0.840. The first-order valence-corrected chi connectivity index (χ1v) is 2.79. The van der Waals surface area contributed by atoms with Gasteiger partial charge in [-0.3, -0.25) is 0 Å². The van der Waals surface area contributed by atoms with Crippen LogP contribution in [0.4, 0.5) is 0 Å². The molecular weight excluding hydrogens is 100 g/mol. The molecule has 0 bridgehead atoms. The predicted molar refractivity (Wildman–Crippen MR) is 33.5 cm³/mol. The molecule has 0 N–H and O–H groups in total. The normalized spacial score (nSPS) is 18.6. The lowest BCUT2D eigenvalue weighted by atomic mass is 10.2. The van der Waals surface area contributed by atoms with Gasteiger partial charge in [-0.1, -0.05) is 6.58 Å². The van der Waals surface area contributed by atoms with Crippen molar-refractivity contribution >= 4 is 0 Å². The summed E-state index contributed by atoms with van der Waals surface area (Å²) < 4.78 is 5.18. The number of rotatable bonds is 1. The molecule has 1 rings (SSSR count). The molecule has 44 valence electrons. The van der Waals surface area contributed by atoms with E-state index < -0.39 is 0 Å². The lowest BCUT2D eigenvalue weighted by Gasteiger charge is -1.93. The Morgan fingerprint density at radius 1 is 1.75 bits per heavy atom. The van der Waals surface area contributed by atoms with Crippen LogP contribution in [0.25, 0.3) is 0 Å². The maximum Gasteiger partial charge on any atom is 0.117 e. The summed E-state index contributed by atoms with van der Waals surface area (Å²) in [5.74, 6) is 0.977. The first-order chi connectivity index (χ1) is 3.84. The molecule has 8 heavy (non-hydrogen) atoms. The molecule has 0 radical (unpaired) electrons. The van der Waals surface area contributed by atoms with Crippen LogP contribution in [-0.4, -0.2) is 6.61 Å². The summed E-state index contributed by atoms with van der Waals surface area (Å²) in [6.45, 7) is 6.52. The first-order valence-electron chi connectivity index (χ1n) is 2.79. The monoisotopic (exact) mass is 110 g/mol. The first kappa shape index (κ1) is 5.42. The van der Waals surface area contributed by atoms with Crippen molar-refractivity contribution in [2.75, 3.05) is 6.61 Å². The van der Waals surface area contributed by atoms with Crippen LogP contribution in [0.5, 0.6) is 0 Å². The van der Waals surface area contributed by atoms with Crippen molar-refractivity contribution in [3.8, 4) is 0 Å².